The Hall–Kier alpha value is -4.13. The molecule has 1 N–H and O–H groups in total. The first kappa shape index (κ1) is 24.6. The number of nitrogens with zero attached hydrogens (tertiary/aromatic N) is 5. The number of halogens is 1. The van der Waals surface area contributed by atoms with E-state index in [1.807, 2.05) is 6.07 Å². The van der Waals surface area contributed by atoms with Crippen molar-refractivity contribution in [3.63, 3.8) is 0 Å². The van der Waals surface area contributed by atoms with Gasteiger partial charge in [-0.1, -0.05) is 24.3 Å². The number of aromatic nitrogens is 5. The lowest BCUT2D eigenvalue weighted by atomic mass is 10.1. The molecule has 5 aromatic heterocycles. The Morgan fingerprint density at radius 1 is 1.22 bits per heavy atom. The van der Waals surface area contributed by atoms with E-state index in [1.54, 1.807) is 24.3 Å². The van der Waals surface area contributed by atoms with E-state index in [0.29, 0.717) is 38.5 Å². The van der Waals surface area contributed by atoms with Crippen molar-refractivity contribution in [2.24, 2.45) is 0 Å². The van der Waals surface area contributed by atoms with Gasteiger partial charge in [0.15, 0.2) is 17.9 Å². The van der Waals surface area contributed by atoms with Crippen LogP contribution in [0.25, 0.3) is 17.5 Å². The van der Waals surface area contributed by atoms with Crippen LogP contribution >= 0.6 is 34.5 Å². The molecule has 0 bridgehead atoms. The van der Waals surface area contributed by atoms with Crippen LogP contribution in [-0.4, -0.2) is 35.4 Å². The average molecular weight is 553 g/mol. The van der Waals surface area contributed by atoms with Crippen molar-refractivity contribution < 1.29 is 14.0 Å². The number of hydrogen-bond donors (Lipinski definition) is 1. The molecule has 0 fully saturated rings. The number of hydrogen-bond acceptors (Lipinski definition) is 10. The summed E-state index contributed by atoms with van der Waals surface area (Å²) in [6.45, 7) is 3.89. The molecular formula is C24H17ClN6O4S2. The van der Waals surface area contributed by atoms with Crippen LogP contribution in [0.3, 0.4) is 0 Å². The summed E-state index contributed by atoms with van der Waals surface area (Å²) in [6.07, 6.45) is 5.42. The molecule has 5 aromatic rings. The molecule has 0 radical (unpaired) electrons. The van der Waals surface area contributed by atoms with E-state index in [2.05, 4.69) is 26.4 Å². The van der Waals surface area contributed by atoms with Crippen LogP contribution in [0.15, 0.2) is 71.0 Å². The Kier molecular flexibility index (Phi) is 6.95. The second-order valence-corrected chi connectivity index (χ2v) is 10.3. The topological polar surface area (TPSA) is 125 Å². The lowest BCUT2D eigenvalue weighted by molar-refractivity contribution is 0.0940. The number of ketones is 1. The molecule has 10 nitrogen and oxygen atoms in total. The molecule has 0 spiro atoms. The van der Waals surface area contributed by atoms with Crippen LogP contribution in [0.5, 0.6) is 0 Å². The zero-order chi connectivity index (χ0) is 25.9. The number of anilines is 1. The van der Waals surface area contributed by atoms with Gasteiger partial charge in [0, 0.05) is 23.2 Å². The van der Waals surface area contributed by atoms with E-state index in [4.69, 9.17) is 16.0 Å². The van der Waals surface area contributed by atoms with Gasteiger partial charge in [-0.15, -0.1) is 11.3 Å². The minimum absolute atomic E-state index is 0.0504. The Morgan fingerprint density at radius 3 is 2.76 bits per heavy atom. The number of oxazole rings is 1. The summed E-state index contributed by atoms with van der Waals surface area (Å²) in [7, 11) is 0. The molecule has 0 unspecified atom stereocenters. The number of nitrogens with one attached hydrogen (secondary N) is 1. The molecule has 0 aliphatic carbocycles. The average Bonchev–Trinajstić information content (AvgIpc) is 3.70. The molecule has 0 aliphatic heterocycles. The minimum Gasteiger partial charge on any atom is -0.451 e. The summed E-state index contributed by atoms with van der Waals surface area (Å²) in [5, 5.41) is 7.68. The number of carbonyl (C=O) groups is 2. The second-order valence-electron chi connectivity index (χ2n) is 7.67. The Balaban J connectivity index is 1.58. The SMILES string of the molecule is C=Cc1cc(-c2cc(NCc3ccc(Cl)s3)n(C(=O)c3cocn3)n2)n(CC(=O)c2ccns2)c(=O)c1. The maximum absolute atomic E-state index is 13.2. The van der Waals surface area contributed by atoms with Crippen molar-refractivity contribution in [3.05, 3.63) is 97.5 Å². The van der Waals surface area contributed by atoms with E-state index in [1.165, 1.54) is 40.5 Å². The van der Waals surface area contributed by atoms with Crippen LogP contribution in [0.4, 0.5) is 5.82 Å². The fraction of sp³-hybridized carbons (Fsp3) is 0.0833. The van der Waals surface area contributed by atoms with E-state index in [9.17, 15) is 14.4 Å². The van der Waals surface area contributed by atoms with E-state index in [0.717, 1.165) is 27.5 Å². The van der Waals surface area contributed by atoms with Gasteiger partial charge < -0.3 is 9.73 Å². The van der Waals surface area contributed by atoms with Gasteiger partial charge in [0.05, 0.1) is 28.0 Å². The zero-order valence-corrected chi connectivity index (χ0v) is 21.3. The molecule has 186 valence electrons. The van der Waals surface area contributed by atoms with Crippen molar-refractivity contribution in [1.29, 1.82) is 0 Å². The van der Waals surface area contributed by atoms with Gasteiger partial charge in [-0.3, -0.25) is 19.0 Å². The summed E-state index contributed by atoms with van der Waals surface area (Å²) in [5.74, 6) is -0.464. The lowest BCUT2D eigenvalue weighted by Gasteiger charge is -2.11. The predicted octanol–water partition coefficient (Wildman–Crippen LogP) is 4.70. The van der Waals surface area contributed by atoms with E-state index >= 15 is 0 Å². The highest BCUT2D eigenvalue weighted by atomic mass is 35.5. The van der Waals surface area contributed by atoms with E-state index in [-0.39, 0.29) is 18.0 Å². The summed E-state index contributed by atoms with van der Waals surface area (Å²) in [6, 6.07) is 9.95. The third kappa shape index (κ3) is 5.21. The molecule has 0 aromatic carbocycles. The second kappa shape index (κ2) is 10.5. The molecule has 13 heteroatoms. The monoisotopic (exact) mass is 552 g/mol. The number of carbonyl (C=O) groups excluding carboxylic acids is 2. The van der Waals surface area contributed by atoms with Gasteiger partial charge in [-0.2, -0.15) is 9.78 Å². The first-order valence-electron chi connectivity index (χ1n) is 10.8. The van der Waals surface area contributed by atoms with Crippen LogP contribution in [0.1, 0.15) is 30.6 Å². The standard InChI is InChI=1S/C24H17ClN6O4S2/c1-2-14-7-18(30(23(33)8-14)11-19(32)20-5-6-28-37-20)16-9-22(26-10-15-3-4-21(25)36-15)31(29-16)24(34)17-12-35-13-27-17/h2-9,12-13,26H,1,10-11H2. The van der Waals surface area contributed by atoms with Gasteiger partial charge >= 0.3 is 5.91 Å². The van der Waals surface area contributed by atoms with Gasteiger partial charge in [0.25, 0.3) is 5.56 Å². The molecule has 0 saturated heterocycles. The van der Waals surface area contributed by atoms with Gasteiger partial charge in [0.1, 0.15) is 17.8 Å². The first-order valence-corrected chi connectivity index (χ1v) is 12.7. The normalized spacial score (nSPS) is 10.9. The van der Waals surface area contributed by atoms with Gasteiger partial charge in [0.2, 0.25) is 0 Å². The van der Waals surface area contributed by atoms with E-state index < -0.39 is 11.5 Å². The number of rotatable bonds is 9. The quantitative estimate of drug-likeness (QED) is 0.261. The van der Waals surface area contributed by atoms with Crippen molar-refractivity contribution in [2.75, 3.05) is 5.32 Å². The molecule has 0 aliphatic rings. The van der Waals surface area contributed by atoms with Crippen molar-refractivity contribution in [1.82, 2.24) is 23.7 Å². The van der Waals surface area contributed by atoms with Crippen LogP contribution in [-0.2, 0) is 13.1 Å². The smallest absolute Gasteiger partial charge is 0.301 e. The first-order chi connectivity index (χ1) is 17.9. The maximum atomic E-state index is 13.2. The number of Topliss-reactive ketones (excluding diaryl/α,β-unsaturated/α-hetero) is 1. The maximum Gasteiger partial charge on any atom is 0.301 e. The minimum atomic E-state index is -0.541. The van der Waals surface area contributed by atoms with Crippen molar-refractivity contribution >= 4 is 58.1 Å². The van der Waals surface area contributed by atoms with Crippen LogP contribution < -0.4 is 10.9 Å². The van der Waals surface area contributed by atoms with Crippen molar-refractivity contribution in [2.45, 2.75) is 13.1 Å². The molecule has 0 amide bonds. The third-order valence-electron chi connectivity index (χ3n) is 5.29. The van der Waals surface area contributed by atoms with Crippen LogP contribution in [0, 0.1) is 0 Å². The third-order valence-corrected chi connectivity index (χ3v) is 7.31. The highest BCUT2D eigenvalue weighted by Gasteiger charge is 2.22. The van der Waals surface area contributed by atoms with Gasteiger partial charge in [-0.05, 0) is 41.4 Å². The zero-order valence-electron chi connectivity index (χ0n) is 19.0. The largest absolute Gasteiger partial charge is 0.451 e. The fourth-order valence-electron chi connectivity index (χ4n) is 3.53. The molecule has 5 rings (SSSR count). The van der Waals surface area contributed by atoms with Crippen molar-refractivity contribution in [3.8, 4) is 11.4 Å². The van der Waals surface area contributed by atoms with Gasteiger partial charge in [-0.25, -0.2) is 9.36 Å². The Labute approximate surface area is 222 Å². The molecule has 5 heterocycles. The number of thiophene rings is 1. The summed E-state index contributed by atoms with van der Waals surface area (Å²) in [5.41, 5.74) is 0.817. The lowest BCUT2D eigenvalue weighted by Crippen LogP contribution is -2.25. The predicted molar refractivity (Wildman–Crippen MR) is 141 cm³/mol. The molecule has 0 atom stereocenters. The number of pyridine rings is 1. The molecule has 0 saturated carbocycles. The highest BCUT2D eigenvalue weighted by Crippen LogP contribution is 2.26. The summed E-state index contributed by atoms with van der Waals surface area (Å²) >= 11 is 8.49. The molecule has 37 heavy (non-hydrogen) atoms. The molecular weight excluding hydrogens is 536 g/mol. The summed E-state index contributed by atoms with van der Waals surface area (Å²) in [4.78, 5) is 44.3. The Bertz CT molecular complexity index is 1650. The fourth-order valence-corrected chi connectivity index (χ4v) is 5.08. The Morgan fingerprint density at radius 2 is 2.08 bits per heavy atom. The highest BCUT2D eigenvalue weighted by molar-refractivity contribution is 7.16. The summed E-state index contributed by atoms with van der Waals surface area (Å²) < 4.78 is 12.0. The van der Waals surface area contributed by atoms with Crippen LogP contribution in [0.2, 0.25) is 4.34 Å².